The molecule has 2 heterocycles. The molecule has 0 bridgehead atoms. The number of nitrogens with one attached hydrogen (secondary N) is 3. The topological polar surface area (TPSA) is 95.2 Å². The van der Waals surface area contributed by atoms with Crippen molar-refractivity contribution in [3.63, 3.8) is 0 Å². The zero-order chi connectivity index (χ0) is 19.3. The van der Waals surface area contributed by atoms with Gasteiger partial charge in [-0.15, -0.1) is 0 Å². The Labute approximate surface area is 161 Å². The molecule has 1 amide bonds. The second kappa shape index (κ2) is 7.79. The van der Waals surface area contributed by atoms with Crippen LogP contribution in [0.25, 0.3) is 22.2 Å². The highest BCUT2D eigenvalue weighted by Gasteiger charge is 2.11. The second-order valence-electron chi connectivity index (χ2n) is 6.12. The molecule has 28 heavy (non-hydrogen) atoms. The summed E-state index contributed by atoms with van der Waals surface area (Å²) in [6.45, 7) is 2.52. The molecule has 0 saturated heterocycles. The van der Waals surface area contributed by atoms with Gasteiger partial charge in [0.05, 0.1) is 18.5 Å². The van der Waals surface area contributed by atoms with Crippen LogP contribution in [0, 0.1) is 0 Å². The van der Waals surface area contributed by atoms with E-state index in [1.807, 2.05) is 61.7 Å². The predicted octanol–water partition coefficient (Wildman–Crippen LogP) is 3.72. The van der Waals surface area contributed by atoms with Crippen LogP contribution in [0.1, 0.15) is 23.0 Å². The number of benzene rings is 2. The number of aromatic nitrogens is 3. The Morgan fingerprint density at radius 1 is 1.21 bits per heavy atom. The molecule has 140 valence electrons. The van der Waals surface area contributed by atoms with Crippen LogP contribution >= 0.6 is 0 Å². The van der Waals surface area contributed by atoms with Crippen molar-refractivity contribution in [2.75, 3.05) is 6.61 Å². The van der Waals surface area contributed by atoms with Crippen LogP contribution < -0.4 is 10.2 Å². The number of nitrogens with zero attached hydrogens (tertiary/aromatic N) is 2. The van der Waals surface area contributed by atoms with Crippen molar-refractivity contribution in [3.05, 3.63) is 72.1 Å². The van der Waals surface area contributed by atoms with E-state index in [1.165, 1.54) is 0 Å². The molecule has 0 aliphatic heterocycles. The zero-order valence-electron chi connectivity index (χ0n) is 15.3. The molecule has 0 spiro atoms. The van der Waals surface area contributed by atoms with Gasteiger partial charge in [0.25, 0.3) is 5.91 Å². The van der Waals surface area contributed by atoms with Crippen LogP contribution in [-0.2, 0) is 0 Å². The van der Waals surface area contributed by atoms with E-state index in [0.717, 1.165) is 27.8 Å². The summed E-state index contributed by atoms with van der Waals surface area (Å²) < 4.78 is 5.50. The number of ether oxygens (including phenoxy) is 1. The highest BCUT2D eigenvalue weighted by Crippen LogP contribution is 2.23. The summed E-state index contributed by atoms with van der Waals surface area (Å²) in [4.78, 5) is 15.5. The summed E-state index contributed by atoms with van der Waals surface area (Å²) in [5, 5.41) is 12.0. The van der Waals surface area contributed by atoms with Crippen molar-refractivity contribution in [2.24, 2.45) is 5.10 Å². The molecular formula is C21H19N5O2. The second-order valence-corrected chi connectivity index (χ2v) is 6.12. The minimum Gasteiger partial charge on any atom is -0.494 e. The number of para-hydroxylation sites is 1. The van der Waals surface area contributed by atoms with E-state index in [-0.39, 0.29) is 5.91 Å². The number of hydrogen-bond donors (Lipinski definition) is 3. The number of fused-ring (bicyclic) bond motifs is 1. The van der Waals surface area contributed by atoms with E-state index < -0.39 is 0 Å². The normalized spacial score (nSPS) is 11.2. The molecule has 0 atom stereocenters. The fourth-order valence-corrected chi connectivity index (χ4v) is 2.92. The first-order valence-corrected chi connectivity index (χ1v) is 8.93. The van der Waals surface area contributed by atoms with Crippen molar-refractivity contribution in [3.8, 4) is 17.0 Å². The molecule has 0 unspecified atom stereocenters. The van der Waals surface area contributed by atoms with Gasteiger partial charge >= 0.3 is 0 Å². The van der Waals surface area contributed by atoms with Crippen molar-refractivity contribution < 1.29 is 9.53 Å². The summed E-state index contributed by atoms with van der Waals surface area (Å²) in [6, 6.07) is 17.1. The number of aromatic amines is 2. The molecule has 0 radical (unpaired) electrons. The van der Waals surface area contributed by atoms with Gasteiger partial charge < -0.3 is 9.72 Å². The van der Waals surface area contributed by atoms with E-state index in [2.05, 4.69) is 25.7 Å². The first kappa shape index (κ1) is 17.5. The summed E-state index contributed by atoms with van der Waals surface area (Å²) in [5.41, 5.74) is 6.28. The quantitative estimate of drug-likeness (QED) is 0.355. The SMILES string of the molecule is CCOc1cccc(-c2cc(C(=O)N/N=C/c3c[nH]c4ccccc34)[nH]n2)c1. The van der Waals surface area contributed by atoms with Gasteiger partial charge in [0.15, 0.2) is 0 Å². The number of rotatable bonds is 6. The molecule has 2 aromatic carbocycles. The third-order valence-electron chi connectivity index (χ3n) is 4.25. The highest BCUT2D eigenvalue weighted by molar-refractivity contribution is 6.00. The van der Waals surface area contributed by atoms with Gasteiger partial charge in [-0.25, -0.2) is 5.43 Å². The van der Waals surface area contributed by atoms with Gasteiger partial charge in [0, 0.05) is 28.2 Å². The lowest BCUT2D eigenvalue weighted by molar-refractivity contribution is 0.0950. The van der Waals surface area contributed by atoms with E-state index in [1.54, 1.807) is 12.3 Å². The Balaban J connectivity index is 1.45. The van der Waals surface area contributed by atoms with Crippen molar-refractivity contribution in [1.29, 1.82) is 0 Å². The lowest BCUT2D eigenvalue weighted by Gasteiger charge is -2.03. The van der Waals surface area contributed by atoms with E-state index in [0.29, 0.717) is 18.0 Å². The van der Waals surface area contributed by atoms with Gasteiger partial charge in [-0.1, -0.05) is 30.3 Å². The van der Waals surface area contributed by atoms with E-state index >= 15 is 0 Å². The van der Waals surface area contributed by atoms with Crippen molar-refractivity contribution in [1.82, 2.24) is 20.6 Å². The molecule has 0 fully saturated rings. The first-order chi connectivity index (χ1) is 13.7. The Hall–Kier alpha value is -3.87. The monoisotopic (exact) mass is 373 g/mol. The molecule has 0 aliphatic carbocycles. The maximum absolute atomic E-state index is 12.3. The van der Waals surface area contributed by atoms with Gasteiger partial charge in [0.1, 0.15) is 11.4 Å². The third kappa shape index (κ3) is 3.64. The molecule has 0 saturated carbocycles. The largest absolute Gasteiger partial charge is 0.494 e. The Bertz CT molecular complexity index is 1140. The molecule has 4 aromatic rings. The van der Waals surface area contributed by atoms with Gasteiger partial charge in [-0.05, 0) is 31.2 Å². The lowest BCUT2D eigenvalue weighted by Crippen LogP contribution is -2.17. The molecule has 3 N–H and O–H groups in total. The van der Waals surface area contributed by atoms with Crippen molar-refractivity contribution in [2.45, 2.75) is 6.92 Å². The summed E-state index contributed by atoms with van der Waals surface area (Å²) in [6.07, 6.45) is 3.46. The Morgan fingerprint density at radius 3 is 3.00 bits per heavy atom. The Morgan fingerprint density at radius 2 is 2.11 bits per heavy atom. The van der Waals surface area contributed by atoms with Crippen LogP contribution in [0.2, 0.25) is 0 Å². The van der Waals surface area contributed by atoms with Crippen molar-refractivity contribution >= 4 is 23.0 Å². The standard InChI is InChI=1S/C21H19N5O2/c1-2-28-16-7-5-6-14(10-16)19-11-20(25-24-19)21(27)26-23-13-15-12-22-18-9-4-3-8-17(15)18/h3-13,22H,2H2,1H3,(H,24,25)(H,26,27)/b23-13+. The number of amides is 1. The average Bonchev–Trinajstić information content (AvgIpc) is 3.36. The smallest absolute Gasteiger partial charge is 0.289 e. The Kier molecular flexibility index (Phi) is 4.88. The number of hydrazone groups is 1. The number of carbonyl (C=O) groups excluding carboxylic acids is 1. The average molecular weight is 373 g/mol. The molecular weight excluding hydrogens is 354 g/mol. The minimum absolute atomic E-state index is 0.327. The summed E-state index contributed by atoms with van der Waals surface area (Å²) in [5.74, 6) is 0.396. The molecule has 2 aromatic heterocycles. The van der Waals surface area contributed by atoms with Gasteiger partial charge in [-0.3, -0.25) is 9.89 Å². The maximum atomic E-state index is 12.3. The van der Waals surface area contributed by atoms with Gasteiger partial charge in [0.2, 0.25) is 0 Å². The van der Waals surface area contributed by atoms with Crippen LogP contribution in [0.5, 0.6) is 5.75 Å². The molecule has 7 heteroatoms. The fourth-order valence-electron chi connectivity index (χ4n) is 2.92. The van der Waals surface area contributed by atoms with E-state index in [9.17, 15) is 4.79 Å². The lowest BCUT2D eigenvalue weighted by atomic mass is 10.1. The maximum Gasteiger partial charge on any atom is 0.289 e. The predicted molar refractivity (Wildman–Crippen MR) is 109 cm³/mol. The molecule has 0 aliphatic rings. The number of H-pyrrole nitrogens is 2. The summed E-state index contributed by atoms with van der Waals surface area (Å²) in [7, 11) is 0. The number of hydrogen-bond acceptors (Lipinski definition) is 4. The van der Waals surface area contributed by atoms with Crippen LogP contribution in [0.3, 0.4) is 0 Å². The first-order valence-electron chi connectivity index (χ1n) is 8.93. The minimum atomic E-state index is -0.365. The van der Waals surface area contributed by atoms with Crippen LogP contribution in [0.4, 0.5) is 0 Å². The third-order valence-corrected chi connectivity index (χ3v) is 4.25. The molecule has 4 rings (SSSR count). The zero-order valence-corrected chi connectivity index (χ0v) is 15.3. The van der Waals surface area contributed by atoms with Gasteiger partial charge in [-0.2, -0.15) is 10.2 Å². The fraction of sp³-hybridized carbons (Fsp3) is 0.0952. The highest BCUT2D eigenvalue weighted by atomic mass is 16.5. The molecule has 7 nitrogen and oxygen atoms in total. The summed E-state index contributed by atoms with van der Waals surface area (Å²) >= 11 is 0. The van der Waals surface area contributed by atoms with E-state index in [4.69, 9.17) is 4.74 Å². The number of carbonyl (C=O) groups is 1. The van der Waals surface area contributed by atoms with Crippen LogP contribution in [0.15, 0.2) is 65.9 Å². The van der Waals surface area contributed by atoms with Crippen LogP contribution in [-0.4, -0.2) is 33.9 Å².